The maximum absolute atomic E-state index is 13.1. The van der Waals surface area contributed by atoms with E-state index in [0.717, 1.165) is 23.8 Å². The van der Waals surface area contributed by atoms with Crippen LogP contribution in [0.2, 0.25) is 0 Å². The summed E-state index contributed by atoms with van der Waals surface area (Å²) in [6, 6.07) is 12.8. The number of urea groups is 1. The summed E-state index contributed by atoms with van der Waals surface area (Å²) in [6.07, 6.45) is 1.83. The summed E-state index contributed by atoms with van der Waals surface area (Å²) in [5, 5.41) is 3.76. The molecule has 2 N–H and O–H groups in total. The van der Waals surface area contributed by atoms with Crippen molar-refractivity contribution < 1.29 is 19.0 Å². The normalized spacial score (nSPS) is 17.0. The summed E-state index contributed by atoms with van der Waals surface area (Å²) in [5.41, 5.74) is 2.74. The van der Waals surface area contributed by atoms with Gasteiger partial charge in [0.25, 0.3) is 5.56 Å². The highest BCUT2D eigenvalue weighted by molar-refractivity contribution is 5.89. The van der Waals surface area contributed by atoms with Crippen molar-refractivity contribution in [3.63, 3.8) is 0 Å². The molecule has 2 aliphatic rings. The van der Waals surface area contributed by atoms with Gasteiger partial charge in [0.2, 0.25) is 6.79 Å². The Morgan fingerprint density at radius 2 is 1.94 bits per heavy atom. The predicted molar refractivity (Wildman–Crippen MR) is 120 cm³/mol. The van der Waals surface area contributed by atoms with Crippen LogP contribution in [0.5, 0.6) is 11.5 Å². The third-order valence-corrected chi connectivity index (χ3v) is 5.81. The molecule has 1 saturated heterocycles. The molecular formula is C24H25N3O5. The van der Waals surface area contributed by atoms with E-state index in [2.05, 4.69) is 10.3 Å². The lowest BCUT2D eigenvalue weighted by molar-refractivity contribution is 0.0818. The lowest BCUT2D eigenvalue weighted by atomic mass is 10.1. The van der Waals surface area contributed by atoms with Crippen molar-refractivity contribution in [3.05, 3.63) is 63.9 Å². The molecule has 166 valence electrons. The molecule has 8 heteroatoms. The molecule has 0 radical (unpaired) electrons. The Kier molecular flexibility index (Phi) is 5.45. The van der Waals surface area contributed by atoms with Crippen molar-refractivity contribution in [1.29, 1.82) is 0 Å². The number of anilines is 1. The molecule has 2 amide bonds. The molecule has 8 nitrogen and oxygen atoms in total. The smallest absolute Gasteiger partial charge is 0.322 e. The van der Waals surface area contributed by atoms with Crippen LogP contribution in [0.15, 0.2) is 47.3 Å². The molecule has 0 aliphatic carbocycles. The van der Waals surface area contributed by atoms with E-state index in [-0.39, 0.29) is 31.0 Å². The SMILES string of the molecule is Cc1ccc(NC(=O)N(Cc2cc3cc4c(cc3[nH]c2=O)OCO4)C[C@@H]2CCCO2)cc1. The topological polar surface area (TPSA) is 92.9 Å². The first-order chi connectivity index (χ1) is 15.5. The molecule has 3 aromatic rings. The van der Waals surface area contributed by atoms with Gasteiger partial charge in [-0.1, -0.05) is 17.7 Å². The summed E-state index contributed by atoms with van der Waals surface area (Å²) in [7, 11) is 0. The van der Waals surface area contributed by atoms with E-state index >= 15 is 0 Å². The largest absolute Gasteiger partial charge is 0.454 e. The number of nitrogens with one attached hydrogen (secondary N) is 2. The van der Waals surface area contributed by atoms with Crippen molar-refractivity contribution in [1.82, 2.24) is 9.88 Å². The van der Waals surface area contributed by atoms with E-state index in [1.807, 2.05) is 37.3 Å². The highest BCUT2D eigenvalue weighted by Gasteiger charge is 2.24. The second kappa shape index (κ2) is 8.55. The fourth-order valence-electron chi connectivity index (χ4n) is 4.06. The molecule has 5 rings (SSSR count). The number of rotatable bonds is 5. The Balaban J connectivity index is 1.42. The van der Waals surface area contributed by atoms with Gasteiger partial charge in [-0.25, -0.2) is 4.79 Å². The number of benzene rings is 2. The van der Waals surface area contributed by atoms with Crippen LogP contribution in [0.25, 0.3) is 10.9 Å². The monoisotopic (exact) mass is 435 g/mol. The number of fused-ring (bicyclic) bond motifs is 2. The number of amides is 2. The first-order valence-corrected chi connectivity index (χ1v) is 10.7. The number of pyridine rings is 1. The third-order valence-electron chi connectivity index (χ3n) is 5.81. The van der Waals surface area contributed by atoms with Gasteiger partial charge in [-0.15, -0.1) is 0 Å². The van der Waals surface area contributed by atoms with Gasteiger partial charge >= 0.3 is 6.03 Å². The van der Waals surface area contributed by atoms with Crippen LogP contribution in [0.3, 0.4) is 0 Å². The summed E-state index contributed by atoms with van der Waals surface area (Å²) in [5.74, 6) is 1.25. The van der Waals surface area contributed by atoms with Crippen LogP contribution in [-0.4, -0.2) is 42.0 Å². The van der Waals surface area contributed by atoms with E-state index in [0.29, 0.717) is 41.4 Å². The molecule has 2 aliphatic heterocycles. The standard InChI is InChI=1S/C24H25N3O5/c1-15-4-6-18(7-5-15)25-24(29)27(13-19-3-2-8-30-19)12-17-9-16-10-21-22(32-14-31-21)11-20(16)26-23(17)28/h4-7,9-11,19H,2-3,8,12-14H2,1H3,(H,25,29)(H,26,28)/t19-/m0/s1. The molecule has 0 unspecified atom stereocenters. The molecule has 32 heavy (non-hydrogen) atoms. The zero-order valence-corrected chi connectivity index (χ0v) is 17.8. The number of ether oxygens (including phenoxy) is 3. The van der Waals surface area contributed by atoms with Crippen molar-refractivity contribution in [2.75, 3.05) is 25.3 Å². The number of aromatic nitrogens is 1. The highest BCUT2D eigenvalue weighted by atomic mass is 16.7. The Labute approximate surface area is 185 Å². The second-order valence-electron chi connectivity index (χ2n) is 8.23. The summed E-state index contributed by atoms with van der Waals surface area (Å²) >= 11 is 0. The number of hydrogen-bond donors (Lipinski definition) is 2. The van der Waals surface area contributed by atoms with Crippen LogP contribution in [0.1, 0.15) is 24.0 Å². The number of hydrogen-bond acceptors (Lipinski definition) is 5. The van der Waals surface area contributed by atoms with Crippen molar-refractivity contribution >= 4 is 22.6 Å². The average Bonchev–Trinajstić information content (AvgIpc) is 3.45. The van der Waals surface area contributed by atoms with E-state index in [1.54, 1.807) is 17.0 Å². The van der Waals surface area contributed by atoms with Gasteiger partial charge in [0.05, 0.1) is 18.2 Å². The zero-order chi connectivity index (χ0) is 22.1. The van der Waals surface area contributed by atoms with Gasteiger partial charge in [-0.05, 0) is 44.0 Å². The maximum Gasteiger partial charge on any atom is 0.322 e. The molecule has 0 bridgehead atoms. The quantitative estimate of drug-likeness (QED) is 0.636. The Morgan fingerprint density at radius 3 is 2.69 bits per heavy atom. The maximum atomic E-state index is 13.1. The second-order valence-corrected chi connectivity index (χ2v) is 8.23. The summed E-state index contributed by atoms with van der Waals surface area (Å²) < 4.78 is 16.6. The number of carbonyl (C=O) groups excluding carboxylic acids is 1. The number of carbonyl (C=O) groups is 1. The molecular weight excluding hydrogens is 410 g/mol. The van der Waals surface area contributed by atoms with Crippen molar-refractivity contribution in [3.8, 4) is 11.5 Å². The molecule has 1 fully saturated rings. The van der Waals surface area contributed by atoms with Gasteiger partial charge in [-0.2, -0.15) is 0 Å². The van der Waals surface area contributed by atoms with Crippen LogP contribution >= 0.6 is 0 Å². The molecule has 0 spiro atoms. The Hall–Kier alpha value is -3.52. The van der Waals surface area contributed by atoms with Gasteiger partial charge in [0, 0.05) is 35.9 Å². The lowest BCUT2D eigenvalue weighted by Crippen LogP contribution is -2.40. The number of H-pyrrole nitrogens is 1. The number of nitrogens with zero attached hydrogens (tertiary/aromatic N) is 1. The minimum absolute atomic E-state index is 0.0351. The van der Waals surface area contributed by atoms with Gasteiger partial charge in [0.15, 0.2) is 11.5 Å². The minimum Gasteiger partial charge on any atom is -0.454 e. The van der Waals surface area contributed by atoms with E-state index < -0.39 is 0 Å². The van der Waals surface area contributed by atoms with E-state index in [4.69, 9.17) is 14.2 Å². The third kappa shape index (κ3) is 4.27. The molecule has 2 aromatic carbocycles. The molecule has 3 heterocycles. The first-order valence-electron chi connectivity index (χ1n) is 10.7. The summed E-state index contributed by atoms with van der Waals surface area (Å²) in [6.45, 7) is 3.43. The van der Waals surface area contributed by atoms with Gasteiger partial charge in [-0.3, -0.25) is 4.79 Å². The molecule has 1 atom stereocenters. The number of aromatic amines is 1. The number of aryl methyl sites for hydroxylation is 1. The minimum atomic E-state index is -0.269. The van der Waals surface area contributed by atoms with E-state index in [1.165, 1.54) is 0 Å². The van der Waals surface area contributed by atoms with Gasteiger partial charge in [0.1, 0.15) is 0 Å². The fraction of sp³-hybridized carbons (Fsp3) is 0.333. The summed E-state index contributed by atoms with van der Waals surface area (Å²) in [4.78, 5) is 30.5. The average molecular weight is 435 g/mol. The van der Waals surface area contributed by atoms with Crippen LogP contribution in [0, 0.1) is 6.92 Å². The molecule has 1 aromatic heterocycles. The van der Waals surface area contributed by atoms with Crippen LogP contribution in [0.4, 0.5) is 10.5 Å². The van der Waals surface area contributed by atoms with E-state index in [9.17, 15) is 9.59 Å². The molecule has 0 saturated carbocycles. The predicted octanol–water partition coefficient (Wildman–Crippen LogP) is 3.78. The van der Waals surface area contributed by atoms with Crippen LogP contribution in [-0.2, 0) is 11.3 Å². The van der Waals surface area contributed by atoms with Gasteiger partial charge < -0.3 is 29.4 Å². The Morgan fingerprint density at radius 1 is 1.16 bits per heavy atom. The van der Waals surface area contributed by atoms with Crippen molar-refractivity contribution in [2.45, 2.75) is 32.4 Å². The van der Waals surface area contributed by atoms with Crippen molar-refractivity contribution in [2.24, 2.45) is 0 Å². The van der Waals surface area contributed by atoms with Crippen LogP contribution < -0.4 is 20.3 Å². The Bertz CT molecular complexity index is 1200. The first kappa shape index (κ1) is 20.4. The zero-order valence-electron chi connectivity index (χ0n) is 17.8. The highest BCUT2D eigenvalue weighted by Crippen LogP contribution is 2.35. The fourth-order valence-corrected chi connectivity index (χ4v) is 4.06. The lowest BCUT2D eigenvalue weighted by Gasteiger charge is -2.25.